The van der Waals surface area contributed by atoms with Gasteiger partial charge in [0.1, 0.15) is 5.82 Å². The van der Waals surface area contributed by atoms with Crippen molar-refractivity contribution in [3.63, 3.8) is 0 Å². The molecule has 102 valence electrons. The molecule has 2 rings (SSSR count). The van der Waals surface area contributed by atoms with Gasteiger partial charge in [-0.25, -0.2) is 4.39 Å². The van der Waals surface area contributed by atoms with Crippen LogP contribution in [0.25, 0.3) is 0 Å². The Hall–Kier alpha value is -1.68. The first-order chi connectivity index (χ1) is 9.10. The summed E-state index contributed by atoms with van der Waals surface area (Å²) >= 11 is 0. The van der Waals surface area contributed by atoms with Crippen molar-refractivity contribution in [3.05, 3.63) is 47.8 Å². The molecule has 0 heterocycles. The van der Waals surface area contributed by atoms with Crippen molar-refractivity contribution in [1.82, 2.24) is 5.32 Å². The lowest BCUT2D eigenvalue weighted by Gasteiger charge is -2.17. The molecule has 0 fully saturated rings. The van der Waals surface area contributed by atoms with Gasteiger partial charge in [0.2, 0.25) is 5.91 Å². The molecule has 0 radical (unpaired) electrons. The monoisotopic (exact) mass is 263 g/mol. The molecule has 3 nitrogen and oxygen atoms in total. The molecular formula is C15H18FNO2. The molecule has 0 saturated carbocycles. The van der Waals surface area contributed by atoms with Crippen molar-refractivity contribution in [1.29, 1.82) is 0 Å². The summed E-state index contributed by atoms with van der Waals surface area (Å²) in [5, 5.41) is 11.9. The number of halogens is 1. The van der Waals surface area contributed by atoms with Gasteiger partial charge in [-0.1, -0.05) is 24.3 Å². The molecule has 1 aliphatic carbocycles. The third-order valence-corrected chi connectivity index (χ3v) is 3.48. The van der Waals surface area contributed by atoms with Crippen molar-refractivity contribution >= 4 is 5.91 Å². The minimum atomic E-state index is -0.391. The summed E-state index contributed by atoms with van der Waals surface area (Å²) in [6.07, 6.45) is 4.53. The fourth-order valence-electron chi connectivity index (χ4n) is 2.25. The highest BCUT2D eigenvalue weighted by molar-refractivity contribution is 5.83. The lowest BCUT2D eigenvalue weighted by Crippen LogP contribution is -2.35. The number of amides is 1. The number of aliphatic hydroxyl groups is 1. The second kappa shape index (κ2) is 5.97. The van der Waals surface area contributed by atoms with Gasteiger partial charge in [0, 0.05) is 18.6 Å². The van der Waals surface area contributed by atoms with Gasteiger partial charge in [-0.3, -0.25) is 4.79 Å². The van der Waals surface area contributed by atoms with E-state index in [9.17, 15) is 9.18 Å². The summed E-state index contributed by atoms with van der Waals surface area (Å²) in [5.74, 6) is -0.732. The van der Waals surface area contributed by atoms with Crippen LogP contribution in [0.15, 0.2) is 36.4 Å². The van der Waals surface area contributed by atoms with Gasteiger partial charge in [-0.15, -0.1) is 0 Å². The first-order valence-electron chi connectivity index (χ1n) is 6.45. The van der Waals surface area contributed by atoms with Crippen LogP contribution in [-0.4, -0.2) is 23.7 Å². The van der Waals surface area contributed by atoms with Crippen LogP contribution in [0.3, 0.4) is 0 Å². The number of nitrogens with one attached hydrogen (secondary N) is 1. The van der Waals surface area contributed by atoms with E-state index in [1.165, 1.54) is 12.1 Å². The first-order valence-corrected chi connectivity index (χ1v) is 6.45. The highest BCUT2D eigenvalue weighted by Crippen LogP contribution is 2.20. The molecule has 3 atom stereocenters. The number of carbonyl (C=O) groups excluding carboxylic acids is 1. The van der Waals surface area contributed by atoms with Crippen LogP contribution < -0.4 is 5.32 Å². The molecule has 2 N–H and O–H groups in total. The van der Waals surface area contributed by atoms with Crippen LogP contribution in [0.1, 0.15) is 24.8 Å². The number of rotatable bonds is 4. The molecule has 1 aromatic rings. The van der Waals surface area contributed by atoms with Gasteiger partial charge in [0.05, 0.1) is 5.92 Å². The minimum Gasteiger partial charge on any atom is -0.396 e. The van der Waals surface area contributed by atoms with Crippen molar-refractivity contribution in [3.8, 4) is 0 Å². The molecular weight excluding hydrogens is 245 g/mol. The van der Waals surface area contributed by atoms with Gasteiger partial charge in [0.15, 0.2) is 0 Å². The standard InChI is InChI=1S/C15H18FNO2/c1-10(12-3-2-4-13(16)8-12)15(19)17-14-6-5-11(7-14)9-18/h2-6,8,10-11,14,18H,7,9H2,1H3,(H,17,19)/t10?,11-,14+/m0/s1. The van der Waals surface area contributed by atoms with Gasteiger partial charge in [-0.2, -0.15) is 0 Å². The number of benzene rings is 1. The highest BCUT2D eigenvalue weighted by Gasteiger charge is 2.23. The van der Waals surface area contributed by atoms with Crippen molar-refractivity contribution in [2.75, 3.05) is 6.61 Å². The van der Waals surface area contributed by atoms with Crippen molar-refractivity contribution < 1.29 is 14.3 Å². The first kappa shape index (κ1) is 13.7. The number of aliphatic hydroxyl groups excluding tert-OH is 1. The van der Waals surface area contributed by atoms with Gasteiger partial charge in [0.25, 0.3) is 0 Å². The minimum absolute atomic E-state index is 0.0411. The summed E-state index contributed by atoms with van der Waals surface area (Å²) in [6.45, 7) is 1.86. The van der Waals surface area contributed by atoms with Gasteiger partial charge in [-0.05, 0) is 31.0 Å². The molecule has 0 spiro atoms. The second-order valence-electron chi connectivity index (χ2n) is 4.96. The molecule has 1 aromatic carbocycles. The fraction of sp³-hybridized carbons (Fsp3) is 0.400. The lowest BCUT2D eigenvalue weighted by molar-refractivity contribution is -0.122. The molecule has 1 amide bonds. The van der Waals surface area contributed by atoms with E-state index < -0.39 is 5.92 Å². The number of hydrogen-bond donors (Lipinski definition) is 2. The molecule has 1 unspecified atom stereocenters. The predicted octanol–water partition coefficient (Wildman–Crippen LogP) is 1.98. The SMILES string of the molecule is CC(C(=O)N[C@@H]1C=C[C@H](CO)C1)c1cccc(F)c1. The van der Waals surface area contributed by atoms with E-state index in [1.807, 2.05) is 12.2 Å². The summed E-state index contributed by atoms with van der Waals surface area (Å²) in [5.41, 5.74) is 0.665. The Balaban J connectivity index is 1.95. The van der Waals surface area contributed by atoms with Crippen LogP contribution >= 0.6 is 0 Å². The Bertz CT molecular complexity index is 487. The van der Waals surface area contributed by atoms with Gasteiger partial charge < -0.3 is 10.4 Å². The molecule has 4 heteroatoms. The smallest absolute Gasteiger partial charge is 0.227 e. The maximum Gasteiger partial charge on any atom is 0.227 e. The normalized spacial score (nSPS) is 23.3. The Kier molecular flexibility index (Phi) is 4.32. The van der Waals surface area contributed by atoms with Crippen LogP contribution in [-0.2, 0) is 4.79 Å². The van der Waals surface area contributed by atoms with E-state index in [2.05, 4.69) is 5.32 Å². The summed E-state index contributed by atoms with van der Waals surface area (Å²) in [4.78, 5) is 12.1. The van der Waals surface area contributed by atoms with E-state index in [0.717, 1.165) is 6.42 Å². The quantitative estimate of drug-likeness (QED) is 0.816. The van der Waals surface area contributed by atoms with E-state index >= 15 is 0 Å². The van der Waals surface area contributed by atoms with Crippen LogP contribution in [0.2, 0.25) is 0 Å². The molecule has 0 aromatic heterocycles. The lowest BCUT2D eigenvalue weighted by atomic mass is 9.99. The third-order valence-electron chi connectivity index (χ3n) is 3.48. The fourth-order valence-corrected chi connectivity index (χ4v) is 2.25. The zero-order valence-electron chi connectivity index (χ0n) is 10.8. The van der Waals surface area contributed by atoms with Crippen LogP contribution in [0.4, 0.5) is 4.39 Å². The Morgan fingerprint density at radius 3 is 2.95 bits per heavy atom. The number of carbonyl (C=O) groups is 1. The maximum absolute atomic E-state index is 13.1. The average molecular weight is 263 g/mol. The topological polar surface area (TPSA) is 49.3 Å². The predicted molar refractivity (Wildman–Crippen MR) is 71.1 cm³/mol. The molecule has 19 heavy (non-hydrogen) atoms. The van der Waals surface area contributed by atoms with E-state index in [1.54, 1.807) is 19.1 Å². The number of hydrogen-bond acceptors (Lipinski definition) is 2. The summed E-state index contributed by atoms with van der Waals surface area (Å²) in [7, 11) is 0. The van der Waals surface area contributed by atoms with E-state index in [-0.39, 0.29) is 30.3 Å². The van der Waals surface area contributed by atoms with Crippen LogP contribution in [0, 0.1) is 11.7 Å². The van der Waals surface area contributed by atoms with E-state index in [4.69, 9.17) is 5.11 Å². The molecule has 1 aliphatic rings. The summed E-state index contributed by atoms with van der Waals surface area (Å²) in [6, 6.07) is 6.05. The van der Waals surface area contributed by atoms with Crippen molar-refractivity contribution in [2.45, 2.75) is 25.3 Å². The zero-order valence-corrected chi connectivity index (χ0v) is 10.8. The molecule has 0 aliphatic heterocycles. The van der Waals surface area contributed by atoms with E-state index in [0.29, 0.717) is 5.56 Å². The van der Waals surface area contributed by atoms with Crippen molar-refractivity contribution in [2.24, 2.45) is 5.92 Å². The van der Waals surface area contributed by atoms with Gasteiger partial charge >= 0.3 is 0 Å². The van der Waals surface area contributed by atoms with Crippen LogP contribution in [0.5, 0.6) is 0 Å². The Morgan fingerprint density at radius 2 is 2.32 bits per heavy atom. The average Bonchev–Trinajstić information content (AvgIpc) is 2.85. The second-order valence-corrected chi connectivity index (χ2v) is 4.96. The zero-order chi connectivity index (χ0) is 13.8. The largest absolute Gasteiger partial charge is 0.396 e. The Labute approximate surface area is 112 Å². The highest BCUT2D eigenvalue weighted by atomic mass is 19.1. The summed E-state index contributed by atoms with van der Waals surface area (Å²) < 4.78 is 13.1. The Morgan fingerprint density at radius 1 is 1.53 bits per heavy atom. The molecule has 0 saturated heterocycles. The third kappa shape index (κ3) is 3.41. The molecule has 0 bridgehead atoms. The maximum atomic E-state index is 13.1.